The topological polar surface area (TPSA) is 67.6 Å². The van der Waals surface area contributed by atoms with Gasteiger partial charge < -0.3 is 20.7 Å². The molecule has 1 atom stereocenters. The summed E-state index contributed by atoms with van der Waals surface area (Å²) >= 11 is 0. The molecule has 1 unspecified atom stereocenters. The van der Waals surface area contributed by atoms with E-state index in [1.54, 1.807) is 0 Å². The van der Waals surface area contributed by atoms with Gasteiger partial charge in [0.2, 0.25) is 5.91 Å². The molecule has 0 aliphatic heterocycles. The molecule has 15 heavy (non-hydrogen) atoms. The van der Waals surface area contributed by atoms with Crippen LogP contribution in [-0.4, -0.2) is 56.7 Å². The summed E-state index contributed by atoms with van der Waals surface area (Å²) in [5.41, 5.74) is 5.50. The maximum atomic E-state index is 11.5. The van der Waals surface area contributed by atoms with Gasteiger partial charge in [-0.25, -0.2) is 0 Å². The number of rotatable bonds is 6. The number of nitrogens with two attached hydrogens (primary N) is 1. The third-order valence-corrected chi connectivity index (χ3v) is 2.59. The number of carbonyl (C=O) groups is 1. The van der Waals surface area contributed by atoms with E-state index in [0.29, 0.717) is 6.54 Å². The van der Waals surface area contributed by atoms with E-state index in [1.807, 2.05) is 14.1 Å². The zero-order valence-electron chi connectivity index (χ0n) is 10.3. The highest BCUT2D eigenvalue weighted by Crippen LogP contribution is 2.07. The SMILES string of the molecule is COCC(N)C(=O)NCC(C)(C)N(C)C. The minimum absolute atomic E-state index is 0.0809. The van der Waals surface area contributed by atoms with E-state index in [1.165, 1.54) is 7.11 Å². The number of hydrogen-bond acceptors (Lipinski definition) is 4. The van der Waals surface area contributed by atoms with E-state index in [4.69, 9.17) is 10.5 Å². The molecule has 0 bridgehead atoms. The quantitative estimate of drug-likeness (QED) is 0.624. The standard InChI is InChI=1S/C10H23N3O2/c1-10(2,13(3)4)7-12-9(14)8(11)6-15-5/h8H,6-7,11H2,1-5H3,(H,12,14). The number of nitrogens with zero attached hydrogens (tertiary/aromatic N) is 1. The van der Waals surface area contributed by atoms with Gasteiger partial charge in [0.25, 0.3) is 0 Å². The molecule has 0 aliphatic rings. The summed E-state index contributed by atoms with van der Waals surface area (Å²) in [7, 11) is 5.47. The van der Waals surface area contributed by atoms with E-state index < -0.39 is 6.04 Å². The van der Waals surface area contributed by atoms with Crippen LogP contribution in [0.2, 0.25) is 0 Å². The molecule has 0 saturated heterocycles. The molecule has 0 spiro atoms. The van der Waals surface area contributed by atoms with Crippen molar-refractivity contribution in [1.82, 2.24) is 10.2 Å². The van der Waals surface area contributed by atoms with E-state index in [0.717, 1.165) is 0 Å². The predicted octanol–water partition coefficient (Wildman–Crippen LogP) is -0.583. The molecule has 0 saturated carbocycles. The van der Waals surface area contributed by atoms with Crippen LogP contribution in [-0.2, 0) is 9.53 Å². The second kappa shape index (κ2) is 6.05. The van der Waals surface area contributed by atoms with Crippen LogP contribution in [0.15, 0.2) is 0 Å². The Morgan fingerprint density at radius 1 is 1.53 bits per heavy atom. The van der Waals surface area contributed by atoms with Gasteiger partial charge in [-0.05, 0) is 27.9 Å². The minimum Gasteiger partial charge on any atom is -0.383 e. The molecule has 0 aromatic carbocycles. The highest BCUT2D eigenvalue weighted by Gasteiger charge is 2.22. The molecular weight excluding hydrogens is 194 g/mol. The molecule has 90 valence electrons. The Hall–Kier alpha value is -0.650. The van der Waals surface area contributed by atoms with E-state index >= 15 is 0 Å². The van der Waals surface area contributed by atoms with Crippen LogP contribution in [0.3, 0.4) is 0 Å². The fourth-order valence-electron chi connectivity index (χ4n) is 0.848. The lowest BCUT2D eigenvalue weighted by atomic mass is 10.0. The molecule has 3 N–H and O–H groups in total. The number of carbonyl (C=O) groups excluding carboxylic acids is 1. The Morgan fingerprint density at radius 3 is 2.47 bits per heavy atom. The number of hydrogen-bond donors (Lipinski definition) is 2. The van der Waals surface area contributed by atoms with E-state index in [2.05, 4.69) is 24.1 Å². The van der Waals surface area contributed by atoms with Gasteiger partial charge in [0.05, 0.1) is 6.61 Å². The second-order valence-electron chi connectivity index (χ2n) is 4.49. The molecular formula is C10H23N3O2. The zero-order valence-corrected chi connectivity index (χ0v) is 10.3. The summed E-state index contributed by atoms with van der Waals surface area (Å²) in [6.07, 6.45) is 0. The Balaban J connectivity index is 4.00. The average Bonchev–Trinajstić information content (AvgIpc) is 2.14. The van der Waals surface area contributed by atoms with Crippen molar-refractivity contribution in [2.24, 2.45) is 5.73 Å². The smallest absolute Gasteiger partial charge is 0.239 e. The fraction of sp³-hybridized carbons (Fsp3) is 0.900. The second-order valence-corrected chi connectivity index (χ2v) is 4.49. The molecule has 1 amide bonds. The third-order valence-electron chi connectivity index (χ3n) is 2.59. The van der Waals surface area contributed by atoms with Crippen molar-refractivity contribution in [3.05, 3.63) is 0 Å². The van der Waals surface area contributed by atoms with Gasteiger partial charge in [-0.2, -0.15) is 0 Å². The number of ether oxygens (including phenoxy) is 1. The van der Waals surface area contributed by atoms with Crippen LogP contribution in [0.4, 0.5) is 0 Å². The van der Waals surface area contributed by atoms with Crippen LogP contribution < -0.4 is 11.1 Å². The molecule has 0 aromatic heterocycles. The summed E-state index contributed by atoms with van der Waals surface area (Å²) in [6.45, 7) is 4.91. The third kappa shape index (κ3) is 5.11. The molecule has 0 fully saturated rings. The van der Waals surface area contributed by atoms with Crippen molar-refractivity contribution >= 4 is 5.91 Å². The van der Waals surface area contributed by atoms with Crippen LogP contribution >= 0.6 is 0 Å². The lowest BCUT2D eigenvalue weighted by Crippen LogP contribution is -2.52. The average molecular weight is 217 g/mol. The summed E-state index contributed by atoms with van der Waals surface area (Å²) in [5.74, 6) is -0.174. The van der Waals surface area contributed by atoms with Crippen LogP contribution in [0.1, 0.15) is 13.8 Å². The van der Waals surface area contributed by atoms with Gasteiger partial charge in [0.15, 0.2) is 0 Å². The fourth-order valence-corrected chi connectivity index (χ4v) is 0.848. The van der Waals surface area contributed by atoms with Gasteiger partial charge >= 0.3 is 0 Å². The maximum absolute atomic E-state index is 11.5. The van der Waals surface area contributed by atoms with Crippen molar-refractivity contribution in [2.45, 2.75) is 25.4 Å². The van der Waals surface area contributed by atoms with Gasteiger partial charge in [0.1, 0.15) is 6.04 Å². The van der Waals surface area contributed by atoms with Gasteiger partial charge in [-0.15, -0.1) is 0 Å². The highest BCUT2D eigenvalue weighted by atomic mass is 16.5. The molecule has 0 heterocycles. The minimum atomic E-state index is -0.590. The number of likely N-dealkylation sites (N-methyl/N-ethyl adjacent to an activating group) is 1. The largest absolute Gasteiger partial charge is 0.383 e. The normalized spacial score (nSPS) is 14.1. The maximum Gasteiger partial charge on any atom is 0.239 e. The van der Waals surface area contributed by atoms with Crippen LogP contribution in [0.25, 0.3) is 0 Å². The van der Waals surface area contributed by atoms with Gasteiger partial charge in [-0.1, -0.05) is 0 Å². The van der Waals surface area contributed by atoms with Crippen molar-refractivity contribution in [1.29, 1.82) is 0 Å². The number of amides is 1. The summed E-state index contributed by atoms with van der Waals surface area (Å²) in [6, 6.07) is -0.590. The van der Waals surface area contributed by atoms with Gasteiger partial charge in [0, 0.05) is 19.2 Å². The van der Waals surface area contributed by atoms with Gasteiger partial charge in [-0.3, -0.25) is 4.79 Å². The van der Waals surface area contributed by atoms with Crippen molar-refractivity contribution < 1.29 is 9.53 Å². The Kier molecular flexibility index (Phi) is 5.79. The lowest BCUT2D eigenvalue weighted by Gasteiger charge is -2.32. The highest BCUT2D eigenvalue weighted by molar-refractivity contribution is 5.81. The summed E-state index contributed by atoms with van der Waals surface area (Å²) < 4.78 is 4.81. The molecule has 0 aromatic rings. The van der Waals surface area contributed by atoms with E-state index in [9.17, 15) is 4.79 Å². The Morgan fingerprint density at radius 2 is 2.07 bits per heavy atom. The van der Waals surface area contributed by atoms with Crippen LogP contribution in [0.5, 0.6) is 0 Å². The number of methoxy groups -OCH3 is 1. The molecule has 5 heteroatoms. The summed E-state index contributed by atoms with van der Waals surface area (Å²) in [4.78, 5) is 13.5. The lowest BCUT2D eigenvalue weighted by molar-refractivity contribution is -0.123. The van der Waals surface area contributed by atoms with E-state index in [-0.39, 0.29) is 18.1 Å². The summed E-state index contributed by atoms with van der Waals surface area (Å²) in [5, 5.41) is 2.80. The first-order chi connectivity index (χ1) is 6.81. The Labute approximate surface area is 91.9 Å². The first-order valence-corrected chi connectivity index (χ1v) is 5.01. The van der Waals surface area contributed by atoms with Crippen molar-refractivity contribution in [2.75, 3.05) is 34.4 Å². The molecule has 0 radical (unpaired) electrons. The molecule has 5 nitrogen and oxygen atoms in total. The molecule has 0 rings (SSSR count). The van der Waals surface area contributed by atoms with Crippen molar-refractivity contribution in [3.8, 4) is 0 Å². The number of nitrogens with one attached hydrogen (secondary N) is 1. The predicted molar refractivity (Wildman–Crippen MR) is 60.6 cm³/mol. The van der Waals surface area contributed by atoms with Crippen molar-refractivity contribution in [3.63, 3.8) is 0 Å². The first kappa shape index (κ1) is 14.3. The van der Waals surface area contributed by atoms with Crippen LogP contribution in [0, 0.1) is 0 Å². The first-order valence-electron chi connectivity index (χ1n) is 5.01. The Bertz CT molecular complexity index is 205. The zero-order chi connectivity index (χ0) is 12.1. The molecule has 0 aliphatic carbocycles. The monoisotopic (exact) mass is 217 g/mol.